The zero-order valence-corrected chi connectivity index (χ0v) is 15.8. The van der Waals surface area contributed by atoms with Gasteiger partial charge in [0.1, 0.15) is 13.2 Å². The van der Waals surface area contributed by atoms with Gasteiger partial charge in [0.25, 0.3) is 0 Å². The molecule has 0 spiro atoms. The molecule has 1 aliphatic carbocycles. The van der Waals surface area contributed by atoms with Crippen molar-refractivity contribution >= 4 is 5.91 Å². The Labute approximate surface area is 155 Å². The van der Waals surface area contributed by atoms with Gasteiger partial charge in [-0.05, 0) is 42.9 Å². The number of carbonyl (C=O) groups is 1. The normalized spacial score (nSPS) is 27.7. The standard InChI is InChI=1S/C21H30N2O3/c1-21(2,15-7-8-18-19(12-15)26-10-9-25-18)13-22-20(24)17-11-14-5-3-4-6-16(14)23-17/h7-8,12,14,16-17,23H,3-6,9-11,13H2,1-2H3,(H,22,24). The van der Waals surface area contributed by atoms with Crippen LogP contribution in [0.25, 0.3) is 0 Å². The van der Waals surface area contributed by atoms with Crippen LogP contribution in [0, 0.1) is 5.92 Å². The van der Waals surface area contributed by atoms with E-state index in [4.69, 9.17) is 9.47 Å². The summed E-state index contributed by atoms with van der Waals surface area (Å²) in [5.41, 5.74) is 0.978. The maximum absolute atomic E-state index is 12.7. The lowest BCUT2D eigenvalue weighted by molar-refractivity contribution is -0.123. The van der Waals surface area contributed by atoms with Crippen molar-refractivity contribution in [1.82, 2.24) is 10.6 Å². The van der Waals surface area contributed by atoms with Gasteiger partial charge in [-0.2, -0.15) is 0 Å². The predicted octanol–water partition coefficient (Wildman–Crippen LogP) is 2.77. The van der Waals surface area contributed by atoms with E-state index in [2.05, 4.69) is 30.5 Å². The molecule has 3 unspecified atom stereocenters. The van der Waals surface area contributed by atoms with Gasteiger partial charge in [-0.3, -0.25) is 4.79 Å². The van der Waals surface area contributed by atoms with Crippen molar-refractivity contribution in [2.24, 2.45) is 5.92 Å². The SMILES string of the molecule is CC(C)(CNC(=O)C1CC2CCCCC2N1)c1ccc2c(c1)OCCO2. The van der Waals surface area contributed by atoms with Gasteiger partial charge in [0.2, 0.25) is 5.91 Å². The van der Waals surface area contributed by atoms with Crippen molar-refractivity contribution in [3.63, 3.8) is 0 Å². The van der Waals surface area contributed by atoms with Crippen LogP contribution in [0.3, 0.4) is 0 Å². The lowest BCUT2D eigenvalue weighted by Gasteiger charge is -2.28. The van der Waals surface area contributed by atoms with Gasteiger partial charge < -0.3 is 20.1 Å². The minimum absolute atomic E-state index is 0.0285. The summed E-state index contributed by atoms with van der Waals surface area (Å²) in [6.07, 6.45) is 6.08. The van der Waals surface area contributed by atoms with Gasteiger partial charge in [-0.25, -0.2) is 0 Å². The molecular formula is C21H30N2O3. The van der Waals surface area contributed by atoms with Crippen LogP contribution in [0.5, 0.6) is 11.5 Å². The minimum Gasteiger partial charge on any atom is -0.486 e. The number of carbonyl (C=O) groups excluding carboxylic acids is 1. The number of amides is 1. The number of rotatable bonds is 4. The Morgan fingerprint density at radius 2 is 1.96 bits per heavy atom. The van der Waals surface area contributed by atoms with Crippen molar-refractivity contribution in [2.45, 2.75) is 63.5 Å². The molecule has 2 heterocycles. The van der Waals surface area contributed by atoms with Crippen molar-refractivity contribution in [2.75, 3.05) is 19.8 Å². The fraction of sp³-hybridized carbons (Fsp3) is 0.667. The Balaban J connectivity index is 1.36. The van der Waals surface area contributed by atoms with E-state index in [0.29, 0.717) is 31.7 Å². The van der Waals surface area contributed by atoms with Crippen LogP contribution >= 0.6 is 0 Å². The molecule has 0 bridgehead atoms. The summed E-state index contributed by atoms with van der Waals surface area (Å²) in [4.78, 5) is 12.7. The van der Waals surface area contributed by atoms with Crippen molar-refractivity contribution in [3.8, 4) is 11.5 Å². The molecule has 4 rings (SSSR count). The number of nitrogens with one attached hydrogen (secondary N) is 2. The number of hydrogen-bond donors (Lipinski definition) is 2. The fourth-order valence-corrected chi connectivity index (χ4v) is 4.52. The second-order valence-corrected chi connectivity index (χ2v) is 8.57. The maximum Gasteiger partial charge on any atom is 0.237 e. The van der Waals surface area contributed by atoms with E-state index in [9.17, 15) is 4.79 Å². The molecule has 1 amide bonds. The Bertz CT molecular complexity index is 659. The van der Waals surface area contributed by atoms with Crippen LogP contribution in [0.15, 0.2) is 18.2 Å². The largest absolute Gasteiger partial charge is 0.486 e. The first-order valence-electron chi connectivity index (χ1n) is 9.97. The van der Waals surface area contributed by atoms with Gasteiger partial charge in [0.05, 0.1) is 6.04 Å². The molecule has 3 aliphatic rings. The topological polar surface area (TPSA) is 59.6 Å². The summed E-state index contributed by atoms with van der Waals surface area (Å²) in [6, 6.07) is 6.60. The lowest BCUT2D eigenvalue weighted by atomic mass is 9.84. The van der Waals surface area contributed by atoms with Gasteiger partial charge in [0.15, 0.2) is 11.5 Å². The maximum atomic E-state index is 12.7. The second kappa shape index (κ2) is 7.10. The lowest BCUT2D eigenvalue weighted by Crippen LogP contribution is -2.46. The van der Waals surface area contributed by atoms with Gasteiger partial charge in [0, 0.05) is 18.0 Å². The Morgan fingerprint density at radius 3 is 2.77 bits per heavy atom. The zero-order valence-electron chi connectivity index (χ0n) is 15.8. The van der Waals surface area contributed by atoms with Crippen LogP contribution in [-0.2, 0) is 10.2 Å². The average Bonchev–Trinajstić information content (AvgIpc) is 3.10. The van der Waals surface area contributed by atoms with Crippen LogP contribution < -0.4 is 20.1 Å². The highest BCUT2D eigenvalue weighted by Gasteiger charge is 2.38. The average molecular weight is 358 g/mol. The van der Waals surface area contributed by atoms with Crippen LogP contribution in [-0.4, -0.2) is 37.7 Å². The molecule has 1 aromatic carbocycles. The Kier molecular flexibility index (Phi) is 4.82. The summed E-state index contributed by atoms with van der Waals surface area (Å²) in [6.45, 7) is 6.10. The predicted molar refractivity (Wildman–Crippen MR) is 101 cm³/mol. The number of benzene rings is 1. The summed E-state index contributed by atoms with van der Waals surface area (Å²) < 4.78 is 11.3. The van der Waals surface area contributed by atoms with E-state index in [0.717, 1.165) is 23.5 Å². The van der Waals surface area contributed by atoms with E-state index in [-0.39, 0.29) is 17.4 Å². The molecule has 3 atom stereocenters. The minimum atomic E-state index is -0.170. The van der Waals surface area contributed by atoms with E-state index in [1.54, 1.807) is 0 Å². The third-order valence-corrected chi connectivity index (χ3v) is 6.21. The van der Waals surface area contributed by atoms with Gasteiger partial charge in [-0.15, -0.1) is 0 Å². The first kappa shape index (κ1) is 17.7. The molecule has 1 saturated heterocycles. The quantitative estimate of drug-likeness (QED) is 0.869. The van der Waals surface area contributed by atoms with E-state index >= 15 is 0 Å². The summed E-state index contributed by atoms with van der Waals surface area (Å²) in [5, 5.41) is 6.74. The monoisotopic (exact) mass is 358 g/mol. The van der Waals surface area contributed by atoms with Crippen LogP contribution in [0.4, 0.5) is 0 Å². The molecule has 0 aromatic heterocycles. The number of hydrogen-bond acceptors (Lipinski definition) is 4. The van der Waals surface area contributed by atoms with Crippen molar-refractivity contribution < 1.29 is 14.3 Å². The van der Waals surface area contributed by atoms with E-state index in [1.165, 1.54) is 25.7 Å². The molecule has 26 heavy (non-hydrogen) atoms. The molecular weight excluding hydrogens is 328 g/mol. The van der Waals surface area contributed by atoms with Crippen LogP contribution in [0.2, 0.25) is 0 Å². The Hall–Kier alpha value is -1.75. The molecule has 5 nitrogen and oxygen atoms in total. The molecule has 142 valence electrons. The molecule has 2 aliphatic heterocycles. The second-order valence-electron chi connectivity index (χ2n) is 8.57. The molecule has 2 fully saturated rings. The van der Waals surface area contributed by atoms with Gasteiger partial charge in [-0.1, -0.05) is 32.8 Å². The van der Waals surface area contributed by atoms with E-state index in [1.807, 2.05) is 12.1 Å². The number of ether oxygens (including phenoxy) is 2. The van der Waals surface area contributed by atoms with E-state index < -0.39 is 0 Å². The fourth-order valence-electron chi connectivity index (χ4n) is 4.52. The highest BCUT2D eigenvalue weighted by atomic mass is 16.6. The van der Waals surface area contributed by atoms with Crippen LogP contribution in [0.1, 0.15) is 51.5 Å². The zero-order chi connectivity index (χ0) is 18.1. The van der Waals surface area contributed by atoms with Crippen molar-refractivity contribution in [1.29, 1.82) is 0 Å². The molecule has 5 heteroatoms. The highest BCUT2D eigenvalue weighted by Crippen LogP contribution is 2.35. The summed E-state index contributed by atoms with van der Waals surface area (Å²) >= 11 is 0. The first-order valence-corrected chi connectivity index (χ1v) is 9.97. The molecule has 1 saturated carbocycles. The smallest absolute Gasteiger partial charge is 0.237 e. The summed E-state index contributed by atoms with van der Waals surface area (Å²) in [7, 11) is 0. The van der Waals surface area contributed by atoms with Gasteiger partial charge >= 0.3 is 0 Å². The third-order valence-electron chi connectivity index (χ3n) is 6.21. The molecule has 0 radical (unpaired) electrons. The summed E-state index contributed by atoms with van der Waals surface area (Å²) in [5.74, 6) is 2.43. The van der Waals surface area contributed by atoms with Crippen molar-refractivity contribution in [3.05, 3.63) is 23.8 Å². The third kappa shape index (κ3) is 3.54. The first-order chi connectivity index (χ1) is 12.5. The Morgan fingerprint density at radius 1 is 1.19 bits per heavy atom. The molecule has 1 aromatic rings. The molecule has 2 N–H and O–H groups in total. The number of fused-ring (bicyclic) bond motifs is 2. The highest BCUT2D eigenvalue weighted by molar-refractivity contribution is 5.82.